The summed E-state index contributed by atoms with van der Waals surface area (Å²) in [6.45, 7) is 1.12. The van der Waals surface area contributed by atoms with Gasteiger partial charge in [0.1, 0.15) is 5.52 Å². The number of anilines is 1. The molecule has 3 rings (SSSR count). The van der Waals surface area contributed by atoms with Crippen LogP contribution in [0.15, 0.2) is 36.5 Å². The smallest absolute Gasteiger partial charge is 0.416 e. The lowest BCUT2D eigenvalue weighted by Gasteiger charge is -2.12. The lowest BCUT2D eigenvalue weighted by Crippen LogP contribution is -2.35. The highest BCUT2D eigenvalue weighted by Crippen LogP contribution is 2.32. The number of ether oxygens (including phenoxy) is 1. The number of aryl methyl sites for hydroxylation is 1. The van der Waals surface area contributed by atoms with Gasteiger partial charge in [-0.1, -0.05) is 12.1 Å². The van der Waals surface area contributed by atoms with Crippen molar-refractivity contribution >= 4 is 28.5 Å². The summed E-state index contributed by atoms with van der Waals surface area (Å²) in [5.74, 6) is -1.63. The molecular formula is C19H17F3N4O3. The van der Waals surface area contributed by atoms with Crippen molar-refractivity contribution in [1.29, 1.82) is 0 Å². The Balaban J connectivity index is 1.67. The van der Waals surface area contributed by atoms with Gasteiger partial charge >= 0.3 is 18.0 Å². The predicted octanol–water partition coefficient (Wildman–Crippen LogP) is 3.15. The molecule has 3 N–H and O–H groups in total. The number of nitrogens with one attached hydrogen (secondary N) is 3. The molecule has 0 saturated carbocycles. The van der Waals surface area contributed by atoms with Crippen LogP contribution in [0.4, 0.5) is 18.9 Å². The third-order valence-electron chi connectivity index (χ3n) is 4.22. The second-order valence-corrected chi connectivity index (χ2v) is 6.24. The van der Waals surface area contributed by atoms with Crippen molar-refractivity contribution in [2.75, 3.05) is 12.4 Å². The van der Waals surface area contributed by atoms with Crippen LogP contribution in [-0.2, 0) is 22.3 Å². The number of hydrogen-bond acceptors (Lipinski definition) is 4. The number of fused-ring (bicyclic) bond motifs is 1. The van der Waals surface area contributed by atoms with Crippen molar-refractivity contribution < 1.29 is 27.5 Å². The number of aromatic amines is 1. The SMILES string of the molecule is COc1ccc2[nH]cc(NC(=O)C(=O)NCc3ccc(C)c(C(F)(F)F)c3)c2n1. The number of nitrogens with zero attached hydrogens (tertiary/aromatic N) is 1. The van der Waals surface area contributed by atoms with Gasteiger partial charge in [0.2, 0.25) is 5.88 Å². The molecule has 0 unspecified atom stereocenters. The first-order valence-electron chi connectivity index (χ1n) is 8.47. The number of rotatable bonds is 4. The zero-order chi connectivity index (χ0) is 21.2. The van der Waals surface area contributed by atoms with Crippen LogP contribution in [0.3, 0.4) is 0 Å². The van der Waals surface area contributed by atoms with Gasteiger partial charge in [0, 0.05) is 18.8 Å². The number of methoxy groups -OCH3 is 1. The van der Waals surface area contributed by atoms with E-state index >= 15 is 0 Å². The van der Waals surface area contributed by atoms with E-state index in [-0.39, 0.29) is 23.4 Å². The molecule has 10 heteroatoms. The van der Waals surface area contributed by atoms with Gasteiger partial charge in [0.15, 0.2) is 0 Å². The van der Waals surface area contributed by atoms with E-state index in [0.29, 0.717) is 16.9 Å². The number of benzene rings is 1. The third-order valence-corrected chi connectivity index (χ3v) is 4.22. The van der Waals surface area contributed by atoms with E-state index in [1.165, 1.54) is 32.4 Å². The van der Waals surface area contributed by atoms with E-state index in [9.17, 15) is 22.8 Å². The van der Waals surface area contributed by atoms with Gasteiger partial charge in [-0.2, -0.15) is 13.2 Å². The van der Waals surface area contributed by atoms with Gasteiger partial charge in [0.05, 0.1) is 23.9 Å². The number of alkyl halides is 3. The Morgan fingerprint density at radius 3 is 2.62 bits per heavy atom. The van der Waals surface area contributed by atoms with Crippen LogP contribution in [0.2, 0.25) is 0 Å². The molecule has 0 aliphatic rings. The zero-order valence-electron chi connectivity index (χ0n) is 15.5. The molecule has 0 bridgehead atoms. The highest BCUT2D eigenvalue weighted by atomic mass is 19.4. The van der Waals surface area contributed by atoms with E-state index in [2.05, 4.69) is 20.6 Å². The minimum Gasteiger partial charge on any atom is -0.481 e. The number of halogens is 3. The Kier molecular flexibility index (Phi) is 5.44. The van der Waals surface area contributed by atoms with Crippen molar-refractivity contribution in [3.63, 3.8) is 0 Å². The van der Waals surface area contributed by atoms with Crippen molar-refractivity contribution in [3.05, 3.63) is 53.2 Å². The summed E-state index contributed by atoms with van der Waals surface area (Å²) in [5, 5.41) is 4.72. The highest BCUT2D eigenvalue weighted by Gasteiger charge is 2.32. The van der Waals surface area contributed by atoms with Crippen molar-refractivity contribution in [3.8, 4) is 5.88 Å². The molecule has 2 aromatic heterocycles. The highest BCUT2D eigenvalue weighted by molar-refractivity contribution is 6.40. The molecule has 3 aromatic rings. The van der Waals surface area contributed by atoms with Gasteiger partial charge in [-0.05, 0) is 30.2 Å². The summed E-state index contributed by atoms with van der Waals surface area (Å²) in [6.07, 6.45) is -3.03. The molecule has 0 fully saturated rings. The van der Waals surface area contributed by atoms with Crippen LogP contribution in [0, 0.1) is 6.92 Å². The van der Waals surface area contributed by atoms with Gasteiger partial charge < -0.3 is 20.4 Å². The molecule has 0 aliphatic heterocycles. The summed E-state index contributed by atoms with van der Waals surface area (Å²) in [7, 11) is 1.45. The molecule has 152 valence electrons. The second kappa shape index (κ2) is 7.82. The minimum atomic E-state index is -4.50. The molecule has 2 amide bonds. The predicted molar refractivity (Wildman–Crippen MR) is 99.3 cm³/mol. The number of carbonyl (C=O) groups is 2. The second-order valence-electron chi connectivity index (χ2n) is 6.24. The van der Waals surface area contributed by atoms with Crippen molar-refractivity contribution in [2.45, 2.75) is 19.6 Å². The van der Waals surface area contributed by atoms with Crippen LogP contribution in [-0.4, -0.2) is 28.9 Å². The van der Waals surface area contributed by atoms with E-state index in [4.69, 9.17) is 4.74 Å². The monoisotopic (exact) mass is 406 g/mol. The summed E-state index contributed by atoms with van der Waals surface area (Å²) in [5.41, 5.74) is 0.816. The van der Waals surface area contributed by atoms with Crippen molar-refractivity contribution in [2.24, 2.45) is 0 Å². The average Bonchev–Trinajstić information content (AvgIpc) is 3.08. The molecule has 0 spiro atoms. The van der Waals surface area contributed by atoms with E-state index < -0.39 is 23.6 Å². The normalized spacial score (nSPS) is 11.3. The van der Waals surface area contributed by atoms with Gasteiger partial charge in [-0.15, -0.1) is 0 Å². The first-order chi connectivity index (χ1) is 13.7. The number of carbonyl (C=O) groups excluding carboxylic acids is 2. The molecular weight excluding hydrogens is 389 g/mol. The van der Waals surface area contributed by atoms with Crippen LogP contribution in [0.25, 0.3) is 11.0 Å². The Morgan fingerprint density at radius 2 is 1.93 bits per heavy atom. The molecule has 0 atom stereocenters. The number of aromatic nitrogens is 2. The number of H-pyrrole nitrogens is 1. The molecule has 0 aliphatic carbocycles. The number of pyridine rings is 1. The standard InChI is InChI=1S/C19H17F3N4O3/c1-10-3-4-11(7-12(10)19(20,21)22)8-24-17(27)18(28)25-14-9-23-13-5-6-15(29-2)26-16(13)14/h3-7,9,23H,8H2,1-2H3,(H,24,27)(H,25,28). The quantitative estimate of drug-likeness (QED) is 0.580. The minimum absolute atomic E-state index is 0.0765. The van der Waals surface area contributed by atoms with Crippen molar-refractivity contribution in [1.82, 2.24) is 15.3 Å². The molecule has 7 nitrogen and oxygen atoms in total. The van der Waals surface area contributed by atoms with Crippen LogP contribution in [0.5, 0.6) is 5.88 Å². The molecule has 1 aromatic carbocycles. The van der Waals surface area contributed by atoms with E-state index in [0.717, 1.165) is 6.07 Å². The zero-order valence-corrected chi connectivity index (χ0v) is 15.5. The van der Waals surface area contributed by atoms with Crippen LogP contribution in [0.1, 0.15) is 16.7 Å². The summed E-state index contributed by atoms with van der Waals surface area (Å²) < 4.78 is 44.0. The maximum absolute atomic E-state index is 13.0. The fourth-order valence-corrected chi connectivity index (χ4v) is 2.72. The topological polar surface area (TPSA) is 96.1 Å². The fourth-order valence-electron chi connectivity index (χ4n) is 2.72. The summed E-state index contributed by atoms with van der Waals surface area (Å²) in [4.78, 5) is 31.3. The molecule has 2 heterocycles. The number of hydrogen-bond donors (Lipinski definition) is 3. The van der Waals surface area contributed by atoms with Gasteiger partial charge in [-0.25, -0.2) is 4.98 Å². The maximum Gasteiger partial charge on any atom is 0.416 e. The molecule has 0 saturated heterocycles. The molecule has 0 radical (unpaired) electrons. The van der Waals surface area contributed by atoms with Gasteiger partial charge in [-0.3, -0.25) is 9.59 Å². The Bertz CT molecular complexity index is 1080. The van der Waals surface area contributed by atoms with Gasteiger partial charge in [0.25, 0.3) is 0 Å². The molecule has 29 heavy (non-hydrogen) atoms. The summed E-state index contributed by atoms with van der Waals surface area (Å²) >= 11 is 0. The number of amides is 2. The first kappa shape index (κ1) is 20.2. The fraction of sp³-hybridized carbons (Fsp3) is 0.211. The lowest BCUT2D eigenvalue weighted by atomic mass is 10.0. The average molecular weight is 406 g/mol. The lowest BCUT2D eigenvalue weighted by molar-refractivity contribution is -0.138. The van der Waals surface area contributed by atoms with E-state index in [1.807, 2.05) is 0 Å². The first-order valence-corrected chi connectivity index (χ1v) is 8.47. The Labute approximate surface area is 163 Å². The maximum atomic E-state index is 13.0. The Morgan fingerprint density at radius 1 is 1.17 bits per heavy atom. The Hall–Kier alpha value is -3.56. The largest absolute Gasteiger partial charge is 0.481 e. The van der Waals surface area contributed by atoms with E-state index in [1.54, 1.807) is 12.1 Å². The van der Waals surface area contributed by atoms with Crippen LogP contribution < -0.4 is 15.4 Å². The third kappa shape index (κ3) is 4.48. The summed E-state index contributed by atoms with van der Waals surface area (Å²) in [6, 6.07) is 7.05. The van der Waals surface area contributed by atoms with Crippen LogP contribution >= 0.6 is 0 Å².